The first-order chi connectivity index (χ1) is 15.9. The van der Waals surface area contributed by atoms with Gasteiger partial charge in [-0.05, 0) is 25.5 Å². The van der Waals surface area contributed by atoms with E-state index in [2.05, 4.69) is 37.5 Å². The Labute approximate surface area is 197 Å². The number of aryl methyl sites for hydroxylation is 1. The highest BCUT2D eigenvalue weighted by molar-refractivity contribution is 7.18. The van der Waals surface area contributed by atoms with Crippen LogP contribution >= 0.6 is 11.3 Å². The molecule has 172 valence electrons. The van der Waals surface area contributed by atoms with Crippen LogP contribution in [0.5, 0.6) is 0 Å². The van der Waals surface area contributed by atoms with Crippen molar-refractivity contribution in [3.63, 3.8) is 0 Å². The summed E-state index contributed by atoms with van der Waals surface area (Å²) < 4.78 is 0. The zero-order chi connectivity index (χ0) is 23.8. The lowest BCUT2D eigenvalue weighted by Gasteiger charge is -2.22. The number of carbonyl (C=O) groups is 2. The second-order valence-electron chi connectivity index (χ2n) is 7.25. The zero-order valence-corrected chi connectivity index (χ0v) is 19.6. The summed E-state index contributed by atoms with van der Waals surface area (Å²) in [6.45, 7) is 7.74. The van der Waals surface area contributed by atoms with Gasteiger partial charge in [0.05, 0.1) is 4.88 Å². The first-order valence-electron chi connectivity index (χ1n) is 10.4. The molecule has 3 N–H and O–H groups in total. The van der Waals surface area contributed by atoms with Gasteiger partial charge in [-0.3, -0.25) is 9.59 Å². The Morgan fingerprint density at radius 1 is 1.18 bits per heavy atom. The van der Waals surface area contributed by atoms with Crippen LogP contribution in [0.15, 0.2) is 55.3 Å². The molecule has 33 heavy (non-hydrogen) atoms. The lowest BCUT2D eigenvalue weighted by atomic mass is 10.2. The van der Waals surface area contributed by atoms with Crippen LogP contribution in [-0.4, -0.2) is 57.8 Å². The molecule has 1 aromatic carbocycles. The highest BCUT2D eigenvalue weighted by Crippen LogP contribution is 2.30. The van der Waals surface area contributed by atoms with Crippen LogP contribution in [-0.2, 0) is 9.59 Å². The van der Waals surface area contributed by atoms with Crippen LogP contribution in [0.4, 0.5) is 16.8 Å². The van der Waals surface area contributed by atoms with Crippen molar-refractivity contribution in [2.24, 2.45) is 0 Å². The van der Waals surface area contributed by atoms with Gasteiger partial charge in [0.15, 0.2) is 5.13 Å². The number of nitrogens with one attached hydrogen (secondary N) is 3. The fourth-order valence-electron chi connectivity index (χ4n) is 2.93. The van der Waals surface area contributed by atoms with E-state index >= 15 is 0 Å². The summed E-state index contributed by atoms with van der Waals surface area (Å²) in [5, 5.41) is 9.95. The molecule has 0 spiro atoms. The van der Waals surface area contributed by atoms with Gasteiger partial charge in [-0.25, -0.2) is 15.0 Å². The summed E-state index contributed by atoms with van der Waals surface area (Å²) in [5.41, 5.74) is 1.11. The Balaban J connectivity index is 1.53. The number of anilines is 3. The maximum Gasteiger partial charge on any atom is 0.246 e. The molecule has 10 heteroatoms. The van der Waals surface area contributed by atoms with E-state index in [0.717, 1.165) is 15.6 Å². The minimum absolute atomic E-state index is 0.242. The molecule has 0 aliphatic carbocycles. The standard InChI is InChI=1S/C23H27N7O2S/c1-5-21(31)30(4)15(2)22(32)25-12-11-24-19-13-20(28-16(3)27-19)29-23-26-14-18(33-23)17-9-7-6-8-10-17/h5-10,13-15H,1,11-12H2,2-4H3,(H,25,32)(H2,24,26,27,28,29)/t15-/m0/s1. The molecule has 9 nitrogen and oxygen atoms in total. The van der Waals surface area contributed by atoms with Crippen molar-refractivity contribution < 1.29 is 9.59 Å². The molecule has 0 unspecified atom stereocenters. The summed E-state index contributed by atoms with van der Waals surface area (Å²) in [6.07, 6.45) is 3.02. The van der Waals surface area contributed by atoms with Crippen molar-refractivity contribution in [1.82, 2.24) is 25.2 Å². The third kappa shape index (κ3) is 6.59. The Hall–Kier alpha value is -3.79. The topological polar surface area (TPSA) is 112 Å². The smallest absolute Gasteiger partial charge is 0.246 e. The molecular weight excluding hydrogens is 438 g/mol. The molecule has 0 radical (unpaired) electrons. The van der Waals surface area contributed by atoms with E-state index in [0.29, 0.717) is 30.5 Å². The monoisotopic (exact) mass is 465 g/mol. The summed E-state index contributed by atoms with van der Waals surface area (Å²) >= 11 is 1.54. The van der Waals surface area contributed by atoms with Crippen LogP contribution in [0.25, 0.3) is 10.4 Å². The number of hydrogen-bond donors (Lipinski definition) is 3. The molecule has 2 heterocycles. The molecule has 0 aliphatic heterocycles. The largest absolute Gasteiger partial charge is 0.368 e. The molecule has 0 saturated heterocycles. The molecule has 2 aromatic heterocycles. The van der Waals surface area contributed by atoms with E-state index in [4.69, 9.17) is 0 Å². The molecule has 0 bridgehead atoms. The molecule has 3 aromatic rings. The van der Waals surface area contributed by atoms with E-state index in [1.165, 1.54) is 11.0 Å². The van der Waals surface area contributed by atoms with Gasteiger partial charge in [-0.1, -0.05) is 48.2 Å². The fourth-order valence-corrected chi connectivity index (χ4v) is 3.76. The number of amides is 2. The number of aromatic nitrogens is 3. The highest BCUT2D eigenvalue weighted by atomic mass is 32.1. The van der Waals surface area contributed by atoms with E-state index in [1.54, 1.807) is 31.4 Å². The Morgan fingerprint density at radius 2 is 1.91 bits per heavy atom. The average Bonchev–Trinajstić information content (AvgIpc) is 3.28. The number of benzene rings is 1. The predicted molar refractivity (Wildman–Crippen MR) is 132 cm³/mol. The van der Waals surface area contributed by atoms with Crippen molar-refractivity contribution >= 4 is 39.9 Å². The van der Waals surface area contributed by atoms with Crippen molar-refractivity contribution in [2.45, 2.75) is 19.9 Å². The summed E-state index contributed by atoms with van der Waals surface area (Å²) in [4.78, 5) is 39.5. The Kier molecular flexibility index (Phi) is 8.09. The fraction of sp³-hybridized carbons (Fsp3) is 0.261. The molecule has 2 amide bonds. The third-order valence-corrected chi connectivity index (χ3v) is 5.81. The predicted octanol–water partition coefficient (Wildman–Crippen LogP) is 3.21. The SMILES string of the molecule is C=CC(=O)N(C)[C@@H](C)C(=O)NCCNc1cc(Nc2ncc(-c3ccccc3)s2)nc(C)n1. The second-order valence-corrected chi connectivity index (χ2v) is 8.28. The number of hydrogen-bond acceptors (Lipinski definition) is 8. The normalized spacial score (nSPS) is 11.4. The minimum atomic E-state index is -0.591. The number of carbonyl (C=O) groups excluding carboxylic acids is 2. The molecule has 0 fully saturated rings. The van der Waals surface area contributed by atoms with Gasteiger partial charge >= 0.3 is 0 Å². The van der Waals surface area contributed by atoms with Gasteiger partial charge in [0.1, 0.15) is 23.5 Å². The first kappa shape index (κ1) is 23.9. The Bertz CT molecular complexity index is 1120. The first-order valence-corrected chi connectivity index (χ1v) is 11.2. The summed E-state index contributed by atoms with van der Waals surface area (Å²) in [7, 11) is 1.57. The van der Waals surface area contributed by atoms with Crippen molar-refractivity contribution in [1.29, 1.82) is 0 Å². The van der Waals surface area contributed by atoms with Gasteiger partial charge in [-0.2, -0.15) is 0 Å². The van der Waals surface area contributed by atoms with E-state index in [1.807, 2.05) is 43.5 Å². The van der Waals surface area contributed by atoms with Crippen LogP contribution in [0, 0.1) is 6.92 Å². The van der Waals surface area contributed by atoms with E-state index in [-0.39, 0.29) is 11.8 Å². The highest BCUT2D eigenvalue weighted by Gasteiger charge is 2.20. The van der Waals surface area contributed by atoms with E-state index < -0.39 is 6.04 Å². The maximum atomic E-state index is 12.2. The van der Waals surface area contributed by atoms with Gasteiger partial charge in [0.2, 0.25) is 11.8 Å². The number of likely N-dealkylation sites (N-methyl/N-ethyl adjacent to an activating group) is 1. The maximum absolute atomic E-state index is 12.2. The number of nitrogens with zero attached hydrogens (tertiary/aromatic N) is 4. The number of rotatable bonds is 10. The van der Waals surface area contributed by atoms with Gasteiger partial charge in [-0.15, -0.1) is 0 Å². The number of thiazole rings is 1. The van der Waals surface area contributed by atoms with Gasteiger partial charge in [0, 0.05) is 32.4 Å². The summed E-state index contributed by atoms with van der Waals surface area (Å²) in [6, 6.07) is 11.3. The van der Waals surface area contributed by atoms with E-state index in [9.17, 15) is 9.59 Å². The van der Waals surface area contributed by atoms with Crippen molar-refractivity contribution in [3.05, 3.63) is 61.1 Å². The van der Waals surface area contributed by atoms with Crippen LogP contribution in [0.1, 0.15) is 12.7 Å². The molecule has 0 aliphatic rings. The molecule has 0 saturated carbocycles. The zero-order valence-electron chi connectivity index (χ0n) is 18.8. The summed E-state index contributed by atoms with van der Waals surface area (Å²) in [5.74, 6) is 1.31. The molecular formula is C23H27N7O2S. The quantitative estimate of drug-likeness (QED) is 0.311. The Morgan fingerprint density at radius 3 is 2.64 bits per heavy atom. The van der Waals surface area contributed by atoms with Crippen LogP contribution in [0.2, 0.25) is 0 Å². The average molecular weight is 466 g/mol. The second kappa shape index (κ2) is 11.2. The van der Waals surface area contributed by atoms with Crippen LogP contribution in [0.3, 0.4) is 0 Å². The lowest BCUT2D eigenvalue weighted by Crippen LogP contribution is -2.46. The third-order valence-electron chi connectivity index (χ3n) is 4.85. The minimum Gasteiger partial charge on any atom is -0.368 e. The van der Waals surface area contributed by atoms with Gasteiger partial charge < -0.3 is 20.9 Å². The van der Waals surface area contributed by atoms with Crippen molar-refractivity contribution in [3.8, 4) is 10.4 Å². The molecule has 3 rings (SSSR count). The van der Waals surface area contributed by atoms with Gasteiger partial charge in [0.25, 0.3) is 0 Å². The van der Waals surface area contributed by atoms with Crippen LogP contribution < -0.4 is 16.0 Å². The van der Waals surface area contributed by atoms with Crippen molar-refractivity contribution in [2.75, 3.05) is 30.8 Å². The lowest BCUT2D eigenvalue weighted by molar-refractivity contribution is -0.134. The molecule has 1 atom stereocenters.